The van der Waals surface area contributed by atoms with E-state index in [4.69, 9.17) is 20.9 Å². The van der Waals surface area contributed by atoms with Crippen molar-refractivity contribution in [1.82, 2.24) is 0 Å². The number of hydrogen-bond acceptors (Lipinski definition) is 4. The molecule has 3 nitrogen and oxygen atoms in total. The first-order chi connectivity index (χ1) is 8.16. The summed E-state index contributed by atoms with van der Waals surface area (Å²) >= 11 is 4.82. The maximum Gasteiger partial charge on any atom is 2.00 e. The molecule has 0 aromatic heterocycles. The van der Waals surface area contributed by atoms with E-state index in [9.17, 15) is 4.89 Å². The summed E-state index contributed by atoms with van der Waals surface area (Å²) in [6.07, 6.45) is 0. The largest absolute Gasteiger partial charge is 2.00 e. The van der Waals surface area contributed by atoms with Crippen LogP contribution in [-0.4, -0.2) is 0 Å². The third-order valence-electron chi connectivity index (χ3n) is 1.92. The summed E-state index contributed by atoms with van der Waals surface area (Å²) in [5.74, 6) is 0.864. The van der Waals surface area contributed by atoms with Crippen molar-refractivity contribution in [3.05, 3.63) is 60.7 Å². The second-order valence-electron chi connectivity index (χ2n) is 3.26. The first-order valence-corrected chi connectivity index (χ1v) is 7.52. The van der Waals surface area contributed by atoms with Crippen molar-refractivity contribution in [3.8, 4) is 11.5 Å². The number of benzene rings is 2. The Morgan fingerprint density at radius 3 is 1.44 bits per heavy atom. The van der Waals surface area contributed by atoms with Crippen LogP contribution >= 0.6 is 6.72 Å². The van der Waals surface area contributed by atoms with Gasteiger partial charge in [-0.1, -0.05) is 36.4 Å². The van der Waals surface area contributed by atoms with Gasteiger partial charge in [0.2, 0.25) is 6.72 Å². The molecule has 0 saturated heterocycles. The Labute approximate surface area is 124 Å². The van der Waals surface area contributed by atoms with E-state index < -0.39 is 6.72 Å². The van der Waals surface area contributed by atoms with E-state index in [1.807, 2.05) is 12.1 Å². The fraction of sp³-hybridized carbons (Fsp3) is 0. The Balaban J connectivity index is 0.00000162. The van der Waals surface area contributed by atoms with Gasteiger partial charge in [-0.2, -0.15) is 0 Å². The molecule has 0 bridgehead atoms. The summed E-state index contributed by atoms with van der Waals surface area (Å²) in [6, 6.07) is 17.4. The molecule has 2 rings (SSSR count). The summed E-state index contributed by atoms with van der Waals surface area (Å²) < 4.78 is 10.3. The molecule has 0 aliphatic heterocycles. The van der Waals surface area contributed by atoms with Gasteiger partial charge in [-0.15, -0.1) is 0 Å². The van der Waals surface area contributed by atoms with Crippen LogP contribution in [-0.2, 0) is 31.3 Å². The molecule has 0 fully saturated rings. The zero-order chi connectivity index (χ0) is 12.1. The van der Waals surface area contributed by atoms with Crippen molar-refractivity contribution in [1.29, 1.82) is 0 Å². The molecule has 0 aliphatic carbocycles. The number of rotatable bonds is 4. The normalized spacial score (nSPS) is 10.3. The topological polar surface area (TPSA) is 41.5 Å². The maximum atomic E-state index is 11.9. The summed E-state index contributed by atoms with van der Waals surface area (Å²) in [5, 5.41) is 0. The monoisotopic (exact) mass is 329 g/mol. The van der Waals surface area contributed by atoms with Crippen LogP contribution in [0.25, 0.3) is 0 Å². The van der Waals surface area contributed by atoms with Gasteiger partial charge in [0.05, 0.1) is 0 Å². The van der Waals surface area contributed by atoms with Crippen LogP contribution in [0.3, 0.4) is 0 Å². The molecule has 0 aliphatic rings. The molecule has 0 spiro atoms. The van der Waals surface area contributed by atoms with Gasteiger partial charge in [0.15, 0.2) is 0 Å². The average molecular weight is 331 g/mol. The second kappa shape index (κ2) is 7.01. The van der Waals surface area contributed by atoms with Crippen molar-refractivity contribution in [3.63, 3.8) is 0 Å². The maximum absolute atomic E-state index is 11.9. The number of hydrogen-bond donors (Lipinski definition) is 0. The van der Waals surface area contributed by atoms with Crippen LogP contribution in [0.15, 0.2) is 60.7 Å². The van der Waals surface area contributed by atoms with E-state index in [1.165, 1.54) is 0 Å². The summed E-state index contributed by atoms with van der Waals surface area (Å²) in [7, 11) is 0. The molecule has 2 aromatic rings. The molecule has 0 N–H and O–H groups in total. The van der Waals surface area contributed by atoms with Crippen molar-refractivity contribution < 1.29 is 33.4 Å². The Bertz CT molecular complexity index is 476. The fourth-order valence-electron chi connectivity index (χ4n) is 1.24. The fourth-order valence-corrected chi connectivity index (χ4v) is 2.55. The number of para-hydroxylation sites is 2. The van der Waals surface area contributed by atoms with Crippen LogP contribution in [0.2, 0.25) is 0 Å². The van der Waals surface area contributed by atoms with E-state index >= 15 is 0 Å². The molecular formula is C12H10O3PSZn+. The molecular weight excluding hydrogens is 321 g/mol. The molecule has 0 saturated carbocycles. The third kappa shape index (κ3) is 4.87. The van der Waals surface area contributed by atoms with Gasteiger partial charge in [-0.05, 0) is 36.1 Å². The molecule has 0 atom stereocenters. The zero-order valence-electron chi connectivity index (χ0n) is 9.56. The van der Waals surface area contributed by atoms with Gasteiger partial charge >= 0.3 is 19.5 Å². The molecule has 6 heteroatoms. The average Bonchev–Trinajstić information content (AvgIpc) is 2.30. The van der Waals surface area contributed by atoms with Crippen LogP contribution in [0, 0.1) is 0 Å². The quantitative estimate of drug-likeness (QED) is 0.638. The summed E-state index contributed by atoms with van der Waals surface area (Å²) in [5.41, 5.74) is 0. The minimum atomic E-state index is -3.55. The van der Waals surface area contributed by atoms with Gasteiger partial charge in [0, 0.05) is 0 Å². The van der Waals surface area contributed by atoms with Gasteiger partial charge in [0.25, 0.3) is 0 Å². The van der Waals surface area contributed by atoms with E-state index in [0.29, 0.717) is 11.5 Å². The van der Waals surface area contributed by atoms with E-state index in [1.54, 1.807) is 48.5 Å². The Morgan fingerprint density at radius 1 is 0.778 bits per heavy atom. The van der Waals surface area contributed by atoms with Crippen molar-refractivity contribution >= 4 is 18.5 Å². The summed E-state index contributed by atoms with van der Waals surface area (Å²) in [4.78, 5) is 11.9. The predicted octanol–water partition coefficient (Wildman–Crippen LogP) is 2.73. The minimum Gasteiger partial charge on any atom is -0.760 e. The first kappa shape index (κ1) is 15.3. The SMILES string of the molecule is [O-]P(=S)(Oc1ccccc1)Oc1ccccc1.[Zn+2]. The Morgan fingerprint density at radius 2 is 1.11 bits per heavy atom. The standard InChI is InChI=1S/C12H11O3PS.Zn/c13-16(17,14-11-7-3-1-4-8-11)15-12-9-5-2-6-10-12;/h1-10H,(H,13,17);/q;+2/p-1. The van der Waals surface area contributed by atoms with Crippen molar-refractivity contribution in [2.45, 2.75) is 0 Å². The molecule has 2 aromatic carbocycles. The van der Waals surface area contributed by atoms with Crippen LogP contribution in [0.1, 0.15) is 0 Å². The predicted molar refractivity (Wildman–Crippen MR) is 68.4 cm³/mol. The van der Waals surface area contributed by atoms with E-state index in [2.05, 4.69) is 0 Å². The summed E-state index contributed by atoms with van der Waals surface area (Å²) in [6.45, 7) is -3.55. The molecule has 18 heavy (non-hydrogen) atoms. The van der Waals surface area contributed by atoms with E-state index in [0.717, 1.165) is 0 Å². The molecule has 0 unspecified atom stereocenters. The van der Waals surface area contributed by atoms with Gasteiger partial charge in [-0.25, -0.2) is 0 Å². The van der Waals surface area contributed by atoms with Gasteiger partial charge < -0.3 is 13.9 Å². The molecule has 0 radical (unpaired) electrons. The van der Waals surface area contributed by atoms with Gasteiger partial charge in [-0.3, -0.25) is 0 Å². The van der Waals surface area contributed by atoms with E-state index in [-0.39, 0.29) is 19.5 Å². The minimum absolute atomic E-state index is 0. The third-order valence-corrected chi connectivity index (χ3v) is 3.24. The van der Waals surface area contributed by atoms with Crippen molar-refractivity contribution in [2.24, 2.45) is 0 Å². The molecule has 0 heterocycles. The molecule has 88 valence electrons. The van der Waals surface area contributed by atoms with Crippen LogP contribution in [0.5, 0.6) is 11.5 Å². The van der Waals surface area contributed by atoms with Gasteiger partial charge in [0.1, 0.15) is 11.5 Å². The second-order valence-corrected chi connectivity index (χ2v) is 5.86. The van der Waals surface area contributed by atoms with Crippen LogP contribution in [0.4, 0.5) is 0 Å². The first-order valence-electron chi connectivity index (χ1n) is 4.96. The smallest absolute Gasteiger partial charge is 0.760 e. The van der Waals surface area contributed by atoms with Crippen molar-refractivity contribution in [2.75, 3.05) is 0 Å². The Kier molecular flexibility index (Phi) is 5.97. The Hall–Kier alpha value is -0.727. The zero-order valence-corrected chi connectivity index (χ0v) is 14.2. The molecule has 0 amide bonds. The van der Waals surface area contributed by atoms with Crippen LogP contribution < -0.4 is 13.9 Å².